The summed E-state index contributed by atoms with van der Waals surface area (Å²) in [4.78, 5) is 0. The maximum absolute atomic E-state index is 9.79. The highest BCUT2D eigenvalue weighted by Crippen LogP contribution is 2.42. The van der Waals surface area contributed by atoms with E-state index in [4.69, 9.17) is 5.10 Å². The quantitative estimate of drug-likeness (QED) is 0.811. The van der Waals surface area contributed by atoms with Crippen LogP contribution in [0.25, 0.3) is 0 Å². The van der Waals surface area contributed by atoms with Gasteiger partial charge in [-0.25, -0.2) is 0 Å². The van der Waals surface area contributed by atoms with Crippen molar-refractivity contribution in [2.45, 2.75) is 57.0 Å². The fourth-order valence-electron chi connectivity index (χ4n) is 3.52. The summed E-state index contributed by atoms with van der Waals surface area (Å²) >= 11 is 0. The number of benzene rings is 1. The molecule has 0 N–H and O–H groups in total. The van der Waals surface area contributed by atoms with Gasteiger partial charge in [0.05, 0.1) is 12.1 Å². The predicted octanol–water partition coefficient (Wildman–Crippen LogP) is 4.04. The molecule has 1 unspecified atom stereocenters. The molecule has 0 amide bonds. The summed E-state index contributed by atoms with van der Waals surface area (Å²) in [5.74, 6) is 0. The van der Waals surface area contributed by atoms with E-state index in [1.807, 2.05) is 6.07 Å². The first-order valence-corrected chi connectivity index (χ1v) is 7.55. The lowest BCUT2D eigenvalue weighted by Gasteiger charge is -2.41. The SMILES string of the molecule is CC1=NN(C2(C#N)CCCCC2)C(c2ccccc2)C1. The molecular weight excluding hydrogens is 246 g/mol. The van der Waals surface area contributed by atoms with Crippen molar-refractivity contribution in [3.63, 3.8) is 0 Å². The zero-order chi connectivity index (χ0) is 14.0. The maximum atomic E-state index is 9.79. The molecule has 0 saturated heterocycles. The standard InChI is InChI=1S/C17H21N3/c1-14-12-16(15-8-4-2-5-9-15)20(19-14)17(13-18)10-6-3-7-11-17/h2,4-5,8-9,16H,3,6-7,10-12H2,1H3. The summed E-state index contributed by atoms with van der Waals surface area (Å²) in [5, 5.41) is 16.7. The second kappa shape index (κ2) is 5.28. The second-order valence-corrected chi connectivity index (χ2v) is 6.01. The lowest BCUT2D eigenvalue weighted by atomic mass is 9.81. The van der Waals surface area contributed by atoms with Gasteiger partial charge in [-0.2, -0.15) is 10.4 Å². The summed E-state index contributed by atoms with van der Waals surface area (Å²) in [6.45, 7) is 2.07. The second-order valence-electron chi connectivity index (χ2n) is 6.01. The first kappa shape index (κ1) is 13.2. The highest BCUT2D eigenvalue weighted by molar-refractivity contribution is 5.84. The number of hydrogen-bond donors (Lipinski definition) is 0. The Balaban J connectivity index is 1.95. The number of nitriles is 1. The minimum Gasteiger partial charge on any atom is -0.269 e. The Hall–Kier alpha value is -1.82. The Bertz CT molecular complexity index is 535. The highest BCUT2D eigenvalue weighted by atomic mass is 15.5. The van der Waals surface area contributed by atoms with Crippen LogP contribution in [0.2, 0.25) is 0 Å². The molecule has 1 aromatic carbocycles. The van der Waals surface area contributed by atoms with Crippen LogP contribution in [0.5, 0.6) is 0 Å². The van der Waals surface area contributed by atoms with Crippen molar-refractivity contribution in [1.29, 1.82) is 5.26 Å². The van der Waals surface area contributed by atoms with Crippen molar-refractivity contribution in [3.05, 3.63) is 35.9 Å². The van der Waals surface area contributed by atoms with Crippen LogP contribution < -0.4 is 0 Å². The molecule has 3 heteroatoms. The molecule has 0 spiro atoms. The van der Waals surface area contributed by atoms with Crippen LogP contribution in [0.1, 0.15) is 57.1 Å². The Kier molecular flexibility index (Phi) is 3.48. The molecule has 0 bridgehead atoms. The molecule has 20 heavy (non-hydrogen) atoms. The van der Waals surface area contributed by atoms with E-state index in [-0.39, 0.29) is 6.04 Å². The maximum Gasteiger partial charge on any atom is 0.144 e. The van der Waals surface area contributed by atoms with Crippen LogP contribution in [0.15, 0.2) is 35.4 Å². The Labute approximate surface area is 120 Å². The lowest BCUT2D eigenvalue weighted by molar-refractivity contribution is 0.0704. The number of hydrogen-bond acceptors (Lipinski definition) is 3. The normalized spacial score (nSPS) is 25.1. The van der Waals surface area contributed by atoms with E-state index < -0.39 is 5.54 Å². The molecule has 3 rings (SSSR count). The van der Waals surface area contributed by atoms with Gasteiger partial charge in [-0.1, -0.05) is 36.8 Å². The molecule has 1 saturated carbocycles. The van der Waals surface area contributed by atoms with Crippen LogP contribution in [-0.2, 0) is 0 Å². The van der Waals surface area contributed by atoms with Gasteiger partial charge in [0.15, 0.2) is 0 Å². The van der Waals surface area contributed by atoms with E-state index in [2.05, 4.69) is 42.3 Å². The molecule has 1 fully saturated rings. The number of hydrazone groups is 1. The van der Waals surface area contributed by atoms with Gasteiger partial charge >= 0.3 is 0 Å². The molecule has 0 aromatic heterocycles. The highest BCUT2D eigenvalue weighted by Gasteiger charge is 2.44. The fourth-order valence-corrected chi connectivity index (χ4v) is 3.52. The first-order valence-electron chi connectivity index (χ1n) is 7.55. The van der Waals surface area contributed by atoms with Gasteiger partial charge in [-0.15, -0.1) is 0 Å². The molecule has 1 aliphatic heterocycles. The van der Waals surface area contributed by atoms with Crippen molar-refractivity contribution in [2.24, 2.45) is 5.10 Å². The first-order chi connectivity index (χ1) is 9.75. The van der Waals surface area contributed by atoms with E-state index in [0.29, 0.717) is 0 Å². The van der Waals surface area contributed by atoms with E-state index in [9.17, 15) is 5.26 Å². The van der Waals surface area contributed by atoms with E-state index in [0.717, 1.165) is 37.8 Å². The van der Waals surface area contributed by atoms with Crippen LogP contribution in [0, 0.1) is 11.3 Å². The molecule has 3 nitrogen and oxygen atoms in total. The Morgan fingerprint density at radius 1 is 1.20 bits per heavy atom. The zero-order valence-electron chi connectivity index (χ0n) is 12.0. The van der Waals surface area contributed by atoms with Gasteiger partial charge in [0.1, 0.15) is 5.54 Å². The van der Waals surface area contributed by atoms with Gasteiger partial charge in [0.25, 0.3) is 0 Å². The van der Waals surface area contributed by atoms with E-state index in [1.54, 1.807) is 0 Å². The van der Waals surface area contributed by atoms with Crippen LogP contribution in [-0.4, -0.2) is 16.3 Å². The van der Waals surface area contributed by atoms with Crippen LogP contribution in [0.3, 0.4) is 0 Å². The van der Waals surface area contributed by atoms with Crippen molar-refractivity contribution in [1.82, 2.24) is 5.01 Å². The third-order valence-corrected chi connectivity index (χ3v) is 4.57. The average Bonchev–Trinajstić information content (AvgIpc) is 2.91. The van der Waals surface area contributed by atoms with Crippen molar-refractivity contribution < 1.29 is 0 Å². The number of rotatable bonds is 2. The minimum atomic E-state index is -0.392. The van der Waals surface area contributed by atoms with Gasteiger partial charge in [-0.3, -0.25) is 5.01 Å². The minimum absolute atomic E-state index is 0.231. The van der Waals surface area contributed by atoms with Gasteiger partial charge in [0.2, 0.25) is 0 Å². The number of nitrogens with zero attached hydrogens (tertiary/aromatic N) is 3. The topological polar surface area (TPSA) is 39.4 Å². The predicted molar refractivity (Wildman–Crippen MR) is 80.2 cm³/mol. The van der Waals surface area contributed by atoms with Crippen molar-refractivity contribution >= 4 is 5.71 Å². The van der Waals surface area contributed by atoms with Crippen molar-refractivity contribution in [3.8, 4) is 6.07 Å². The smallest absolute Gasteiger partial charge is 0.144 e. The zero-order valence-corrected chi connectivity index (χ0v) is 12.0. The molecule has 104 valence electrons. The summed E-state index contributed by atoms with van der Waals surface area (Å²) in [7, 11) is 0. The largest absolute Gasteiger partial charge is 0.269 e. The average molecular weight is 267 g/mol. The lowest BCUT2D eigenvalue weighted by Crippen LogP contribution is -2.46. The monoisotopic (exact) mass is 267 g/mol. The summed E-state index contributed by atoms with van der Waals surface area (Å²) in [6, 6.07) is 13.3. The molecule has 1 atom stereocenters. The van der Waals surface area contributed by atoms with Crippen molar-refractivity contribution in [2.75, 3.05) is 0 Å². The van der Waals surface area contributed by atoms with Crippen LogP contribution in [0.4, 0.5) is 0 Å². The fraction of sp³-hybridized carbons (Fsp3) is 0.529. The third-order valence-electron chi connectivity index (χ3n) is 4.57. The third kappa shape index (κ3) is 2.20. The van der Waals surface area contributed by atoms with Gasteiger partial charge < -0.3 is 0 Å². The molecule has 1 heterocycles. The molecule has 1 aromatic rings. The van der Waals surface area contributed by atoms with E-state index >= 15 is 0 Å². The Morgan fingerprint density at radius 2 is 1.90 bits per heavy atom. The summed E-state index contributed by atoms with van der Waals surface area (Å²) in [5.41, 5.74) is 2.02. The van der Waals surface area contributed by atoms with Crippen LogP contribution >= 0.6 is 0 Å². The Morgan fingerprint density at radius 3 is 2.55 bits per heavy atom. The molecular formula is C17H21N3. The molecule has 1 aliphatic carbocycles. The van der Waals surface area contributed by atoms with E-state index in [1.165, 1.54) is 12.0 Å². The van der Waals surface area contributed by atoms with Gasteiger partial charge in [0, 0.05) is 12.1 Å². The van der Waals surface area contributed by atoms with Gasteiger partial charge in [-0.05, 0) is 38.2 Å². The molecule has 2 aliphatic rings. The summed E-state index contributed by atoms with van der Waals surface area (Å²) < 4.78 is 0. The summed E-state index contributed by atoms with van der Waals surface area (Å²) in [6.07, 6.45) is 6.36. The molecule has 0 radical (unpaired) electrons.